The van der Waals surface area contributed by atoms with Crippen LogP contribution in [0.25, 0.3) is 0 Å². The van der Waals surface area contributed by atoms with Gasteiger partial charge in [0.05, 0.1) is 0 Å². The molecular formula is C11H14N6O2S. The highest BCUT2D eigenvalue weighted by Gasteiger charge is 2.17. The van der Waals surface area contributed by atoms with E-state index in [1.807, 2.05) is 0 Å². The Labute approximate surface area is 118 Å². The normalized spacial score (nSPS) is 14.6. The van der Waals surface area contributed by atoms with Crippen LogP contribution in [-0.2, 0) is 24.3 Å². The Kier molecular flexibility index (Phi) is 3.59. The van der Waals surface area contributed by atoms with Crippen LogP contribution in [0.4, 0.5) is 5.13 Å². The average molecular weight is 294 g/mol. The molecule has 106 valence electrons. The number of nitrogens with zero attached hydrogens (tertiary/aromatic N) is 5. The van der Waals surface area contributed by atoms with Gasteiger partial charge in [-0.3, -0.25) is 14.7 Å². The first kappa shape index (κ1) is 13.0. The molecule has 1 aliphatic heterocycles. The molecule has 1 aliphatic rings. The van der Waals surface area contributed by atoms with Crippen molar-refractivity contribution in [2.75, 3.05) is 5.32 Å². The van der Waals surface area contributed by atoms with Crippen molar-refractivity contribution in [2.24, 2.45) is 0 Å². The van der Waals surface area contributed by atoms with Gasteiger partial charge in [0.2, 0.25) is 11.0 Å². The van der Waals surface area contributed by atoms with Crippen molar-refractivity contribution in [1.82, 2.24) is 24.5 Å². The molecule has 3 rings (SSSR count). The summed E-state index contributed by atoms with van der Waals surface area (Å²) in [6, 6.07) is 0. The lowest BCUT2D eigenvalue weighted by atomic mass is 10.2. The van der Waals surface area contributed by atoms with E-state index >= 15 is 0 Å². The fraction of sp³-hybridized carbons (Fsp3) is 0.545. The second-order valence-electron chi connectivity index (χ2n) is 4.61. The summed E-state index contributed by atoms with van der Waals surface area (Å²) in [5, 5.41) is 14.6. The summed E-state index contributed by atoms with van der Waals surface area (Å²) >= 11 is 1.23. The molecule has 0 unspecified atom stereocenters. The first-order chi connectivity index (χ1) is 9.74. The lowest BCUT2D eigenvalue weighted by molar-refractivity contribution is -0.117. The first-order valence-electron chi connectivity index (χ1n) is 6.46. The summed E-state index contributed by atoms with van der Waals surface area (Å²) in [4.78, 5) is 24.0. The minimum Gasteiger partial charge on any atom is -0.299 e. The van der Waals surface area contributed by atoms with E-state index in [1.54, 1.807) is 4.57 Å². The first-order valence-corrected chi connectivity index (χ1v) is 7.34. The Bertz CT molecular complexity index is 659. The predicted octanol–water partition coefficient (Wildman–Crippen LogP) is 0.261. The van der Waals surface area contributed by atoms with Gasteiger partial charge >= 0.3 is 5.69 Å². The third-order valence-corrected chi connectivity index (χ3v) is 3.79. The summed E-state index contributed by atoms with van der Waals surface area (Å²) in [7, 11) is 0. The number of carbonyl (C=O) groups excluding carboxylic acids is 1. The molecule has 0 fully saturated rings. The van der Waals surface area contributed by atoms with Crippen molar-refractivity contribution in [1.29, 1.82) is 0 Å². The fourth-order valence-electron chi connectivity index (χ4n) is 2.25. The van der Waals surface area contributed by atoms with Crippen molar-refractivity contribution >= 4 is 22.4 Å². The van der Waals surface area contributed by atoms with E-state index in [-0.39, 0.29) is 18.1 Å². The van der Waals surface area contributed by atoms with Crippen LogP contribution < -0.4 is 11.0 Å². The minimum absolute atomic E-state index is 0.0988. The van der Waals surface area contributed by atoms with Gasteiger partial charge in [-0.2, -0.15) is 5.10 Å². The molecule has 0 bridgehead atoms. The molecule has 0 atom stereocenters. The summed E-state index contributed by atoms with van der Waals surface area (Å²) in [6.45, 7) is 0.588. The quantitative estimate of drug-likeness (QED) is 0.876. The zero-order valence-corrected chi connectivity index (χ0v) is 11.6. The molecule has 0 aromatic carbocycles. The number of aromatic nitrogens is 5. The van der Waals surface area contributed by atoms with E-state index < -0.39 is 0 Å². The zero-order chi connectivity index (χ0) is 13.9. The van der Waals surface area contributed by atoms with Crippen molar-refractivity contribution in [3.05, 3.63) is 21.8 Å². The lowest BCUT2D eigenvalue weighted by Gasteiger charge is -2.00. The van der Waals surface area contributed by atoms with Crippen LogP contribution in [0.5, 0.6) is 0 Å². The Hall–Kier alpha value is -2.03. The van der Waals surface area contributed by atoms with E-state index in [0.717, 1.165) is 31.5 Å². The maximum atomic E-state index is 12.2. The maximum absolute atomic E-state index is 12.2. The number of amides is 1. The lowest BCUT2D eigenvalue weighted by Crippen LogP contribution is -2.30. The Morgan fingerprint density at radius 2 is 2.30 bits per heavy atom. The number of hydrogen-bond donors (Lipinski definition) is 1. The summed E-state index contributed by atoms with van der Waals surface area (Å²) in [5.41, 5.74) is 1.31. The van der Waals surface area contributed by atoms with Gasteiger partial charge in [0.15, 0.2) is 0 Å². The standard InChI is InChI=1S/C11H14N6O2S/c18-9(13-10-14-12-7-20-10)6-17-11(19)16-5-3-1-2-4-8(16)15-17/h7H,1-6H2,(H,13,14,18). The molecule has 8 nitrogen and oxygen atoms in total. The topological polar surface area (TPSA) is 94.7 Å². The minimum atomic E-state index is -0.322. The van der Waals surface area contributed by atoms with Crippen LogP contribution in [0.15, 0.2) is 10.3 Å². The molecule has 3 heterocycles. The van der Waals surface area contributed by atoms with Gasteiger partial charge in [0.1, 0.15) is 17.9 Å². The molecule has 0 saturated carbocycles. The smallest absolute Gasteiger partial charge is 0.299 e. The second kappa shape index (κ2) is 5.53. The molecule has 2 aromatic heterocycles. The highest BCUT2D eigenvalue weighted by atomic mass is 32.1. The third-order valence-electron chi connectivity index (χ3n) is 3.18. The van der Waals surface area contributed by atoms with Crippen LogP contribution in [0.3, 0.4) is 0 Å². The molecule has 0 radical (unpaired) electrons. The van der Waals surface area contributed by atoms with Gasteiger partial charge in [0.25, 0.3) is 0 Å². The van der Waals surface area contributed by atoms with Crippen molar-refractivity contribution < 1.29 is 4.79 Å². The van der Waals surface area contributed by atoms with Crippen LogP contribution in [0.2, 0.25) is 0 Å². The molecule has 0 aliphatic carbocycles. The van der Waals surface area contributed by atoms with Crippen LogP contribution in [0.1, 0.15) is 25.1 Å². The van der Waals surface area contributed by atoms with Gasteiger partial charge in [-0.1, -0.05) is 17.8 Å². The van der Waals surface area contributed by atoms with E-state index in [2.05, 4.69) is 20.6 Å². The molecule has 20 heavy (non-hydrogen) atoms. The fourth-order valence-corrected chi connectivity index (χ4v) is 2.71. The van der Waals surface area contributed by atoms with E-state index in [0.29, 0.717) is 11.7 Å². The second-order valence-corrected chi connectivity index (χ2v) is 5.44. The molecule has 9 heteroatoms. The van der Waals surface area contributed by atoms with E-state index in [1.165, 1.54) is 21.5 Å². The van der Waals surface area contributed by atoms with Gasteiger partial charge in [-0.15, -0.1) is 10.2 Å². The molecule has 1 N–H and O–H groups in total. The highest BCUT2D eigenvalue weighted by Crippen LogP contribution is 2.10. The van der Waals surface area contributed by atoms with Crippen LogP contribution in [-0.4, -0.2) is 30.5 Å². The highest BCUT2D eigenvalue weighted by molar-refractivity contribution is 7.13. The average Bonchev–Trinajstić information content (AvgIpc) is 2.94. The van der Waals surface area contributed by atoms with Crippen LogP contribution in [0, 0.1) is 0 Å². The van der Waals surface area contributed by atoms with Crippen LogP contribution >= 0.6 is 11.3 Å². The number of fused-ring (bicyclic) bond motifs is 1. The number of nitrogens with one attached hydrogen (secondary N) is 1. The molecular weight excluding hydrogens is 280 g/mol. The van der Waals surface area contributed by atoms with Crippen molar-refractivity contribution in [2.45, 2.75) is 38.8 Å². The molecule has 0 saturated heterocycles. The van der Waals surface area contributed by atoms with Crippen molar-refractivity contribution in [3.8, 4) is 0 Å². The Balaban J connectivity index is 1.74. The zero-order valence-electron chi connectivity index (χ0n) is 10.8. The Morgan fingerprint density at radius 3 is 3.10 bits per heavy atom. The largest absolute Gasteiger partial charge is 0.346 e. The third kappa shape index (κ3) is 2.62. The van der Waals surface area contributed by atoms with Crippen molar-refractivity contribution in [3.63, 3.8) is 0 Å². The van der Waals surface area contributed by atoms with Gasteiger partial charge in [0, 0.05) is 13.0 Å². The predicted molar refractivity (Wildman–Crippen MR) is 72.6 cm³/mol. The Morgan fingerprint density at radius 1 is 1.40 bits per heavy atom. The van der Waals surface area contributed by atoms with Gasteiger partial charge in [-0.25, -0.2) is 9.48 Å². The van der Waals surface area contributed by atoms with Gasteiger partial charge < -0.3 is 0 Å². The number of aryl methyl sites for hydroxylation is 1. The maximum Gasteiger partial charge on any atom is 0.346 e. The summed E-state index contributed by atoms with van der Waals surface area (Å²) in [5.74, 6) is 0.452. The van der Waals surface area contributed by atoms with E-state index in [4.69, 9.17) is 0 Å². The molecule has 0 spiro atoms. The molecule has 1 amide bonds. The number of rotatable bonds is 3. The summed E-state index contributed by atoms with van der Waals surface area (Å²) < 4.78 is 2.89. The van der Waals surface area contributed by atoms with Gasteiger partial charge in [-0.05, 0) is 12.8 Å². The van der Waals surface area contributed by atoms with E-state index in [9.17, 15) is 9.59 Å². The SMILES string of the molecule is O=C(Cn1nc2n(c1=O)CCCCC2)Nc1nncs1. The number of carbonyl (C=O) groups is 1. The monoisotopic (exact) mass is 294 g/mol. The summed E-state index contributed by atoms with van der Waals surface area (Å²) in [6.07, 6.45) is 3.92. The molecule has 2 aromatic rings. The number of hydrogen-bond acceptors (Lipinski definition) is 6. The number of anilines is 1.